The average molecular weight is 412 g/mol. The van der Waals surface area contributed by atoms with Crippen molar-refractivity contribution in [2.24, 2.45) is 0 Å². The fraction of sp³-hybridized carbons (Fsp3) is 0.500. The standard InChI is InChI=1S/C24H33N3O3/c1-20-4-5-23(21(2)18-20)30-15-8-24(28)27(19-22-6-9-25-10-7-22)12-3-11-26-13-16-29-17-14-26/h4-7,9-10,18H,3,8,11-17,19H2,1-2H3. The molecule has 1 aliphatic heterocycles. The summed E-state index contributed by atoms with van der Waals surface area (Å²) < 4.78 is 11.3. The first-order valence-corrected chi connectivity index (χ1v) is 10.8. The van der Waals surface area contributed by atoms with Crippen LogP contribution in [-0.4, -0.2) is 66.7 Å². The molecule has 0 radical (unpaired) electrons. The van der Waals surface area contributed by atoms with Gasteiger partial charge in [-0.25, -0.2) is 0 Å². The molecule has 0 spiro atoms. The highest BCUT2D eigenvalue weighted by Crippen LogP contribution is 2.19. The second-order valence-electron chi connectivity index (χ2n) is 7.85. The lowest BCUT2D eigenvalue weighted by atomic mass is 10.1. The summed E-state index contributed by atoms with van der Waals surface area (Å²) in [5.41, 5.74) is 3.40. The first-order chi connectivity index (χ1) is 14.6. The van der Waals surface area contributed by atoms with Crippen LogP contribution in [0.1, 0.15) is 29.5 Å². The van der Waals surface area contributed by atoms with Gasteiger partial charge in [0.15, 0.2) is 0 Å². The first kappa shape index (κ1) is 22.2. The number of aryl methyl sites for hydroxylation is 2. The number of ether oxygens (including phenoxy) is 2. The van der Waals surface area contributed by atoms with Crippen molar-refractivity contribution in [2.75, 3.05) is 46.0 Å². The van der Waals surface area contributed by atoms with Gasteiger partial charge >= 0.3 is 0 Å². The van der Waals surface area contributed by atoms with Crippen molar-refractivity contribution in [3.63, 3.8) is 0 Å². The van der Waals surface area contributed by atoms with Crippen molar-refractivity contribution in [1.82, 2.24) is 14.8 Å². The van der Waals surface area contributed by atoms with Crippen molar-refractivity contribution in [3.8, 4) is 5.75 Å². The molecule has 0 atom stereocenters. The van der Waals surface area contributed by atoms with Crippen LogP contribution < -0.4 is 4.74 Å². The van der Waals surface area contributed by atoms with Gasteiger partial charge in [0.25, 0.3) is 0 Å². The third-order valence-corrected chi connectivity index (χ3v) is 5.39. The highest BCUT2D eigenvalue weighted by Gasteiger charge is 2.16. The number of hydrogen-bond acceptors (Lipinski definition) is 5. The largest absolute Gasteiger partial charge is 0.493 e. The van der Waals surface area contributed by atoms with Gasteiger partial charge in [-0.05, 0) is 49.6 Å². The van der Waals surface area contributed by atoms with Gasteiger partial charge in [-0.2, -0.15) is 0 Å². The molecule has 3 rings (SSSR count). The lowest BCUT2D eigenvalue weighted by molar-refractivity contribution is -0.132. The molecule has 0 aliphatic carbocycles. The van der Waals surface area contributed by atoms with E-state index >= 15 is 0 Å². The zero-order valence-electron chi connectivity index (χ0n) is 18.2. The summed E-state index contributed by atoms with van der Waals surface area (Å²) in [6.45, 7) is 10.4. The van der Waals surface area contributed by atoms with Gasteiger partial charge in [-0.3, -0.25) is 14.7 Å². The fourth-order valence-corrected chi connectivity index (χ4v) is 3.68. The summed E-state index contributed by atoms with van der Waals surface area (Å²) in [5, 5.41) is 0. The third kappa shape index (κ3) is 7.11. The van der Waals surface area contributed by atoms with Crippen molar-refractivity contribution in [3.05, 3.63) is 59.4 Å². The second kappa shape index (κ2) is 11.7. The Morgan fingerprint density at radius 3 is 2.67 bits per heavy atom. The Balaban J connectivity index is 1.52. The predicted molar refractivity (Wildman–Crippen MR) is 118 cm³/mol. The molecular formula is C24H33N3O3. The van der Waals surface area contributed by atoms with Crippen LogP contribution in [0.2, 0.25) is 0 Å². The fourth-order valence-electron chi connectivity index (χ4n) is 3.68. The molecule has 0 unspecified atom stereocenters. The SMILES string of the molecule is Cc1ccc(OCCC(=O)N(CCCN2CCOCC2)Cc2ccncc2)c(C)c1. The van der Waals surface area contributed by atoms with E-state index in [-0.39, 0.29) is 5.91 Å². The number of pyridine rings is 1. The zero-order valence-corrected chi connectivity index (χ0v) is 18.2. The summed E-state index contributed by atoms with van der Waals surface area (Å²) >= 11 is 0. The van der Waals surface area contributed by atoms with E-state index in [9.17, 15) is 4.79 Å². The summed E-state index contributed by atoms with van der Waals surface area (Å²) in [6, 6.07) is 10.0. The molecule has 0 N–H and O–H groups in total. The van der Waals surface area contributed by atoms with Gasteiger partial charge in [0.2, 0.25) is 5.91 Å². The Labute approximate surface area is 179 Å². The smallest absolute Gasteiger partial charge is 0.226 e. The van der Waals surface area contributed by atoms with E-state index in [0.717, 1.165) is 62.7 Å². The van der Waals surface area contributed by atoms with Gasteiger partial charge in [0, 0.05) is 45.1 Å². The van der Waals surface area contributed by atoms with Crippen LogP contribution in [0.25, 0.3) is 0 Å². The van der Waals surface area contributed by atoms with Crippen molar-refractivity contribution < 1.29 is 14.3 Å². The molecule has 1 saturated heterocycles. The maximum absolute atomic E-state index is 13.0. The summed E-state index contributed by atoms with van der Waals surface area (Å²) in [6.07, 6.45) is 4.87. The molecule has 1 amide bonds. The summed E-state index contributed by atoms with van der Waals surface area (Å²) in [7, 11) is 0. The minimum absolute atomic E-state index is 0.124. The number of rotatable bonds is 10. The molecule has 2 heterocycles. The minimum atomic E-state index is 0.124. The van der Waals surface area contributed by atoms with Crippen molar-refractivity contribution in [1.29, 1.82) is 0 Å². The lowest BCUT2D eigenvalue weighted by Crippen LogP contribution is -2.39. The Morgan fingerprint density at radius 1 is 1.17 bits per heavy atom. The molecule has 2 aromatic rings. The van der Waals surface area contributed by atoms with Crippen LogP contribution in [0, 0.1) is 13.8 Å². The number of aromatic nitrogens is 1. The maximum atomic E-state index is 13.0. The van der Waals surface area contributed by atoms with E-state index in [4.69, 9.17) is 9.47 Å². The lowest BCUT2D eigenvalue weighted by Gasteiger charge is -2.28. The molecule has 6 nitrogen and oxygen atoms in total. The summed E-state index contributed by atoms with van der Waals surface area (Å²) in [4.78, 5) is 21.4. The van der Waals surface area contributed by atoms with E-state index in [2.05, 4.69) is 22.9 Å². The number of carbonyl (C=O) groups excluding carboxylic acids is 1. The molecule has 0 saturated carbocycles. The van der Waals surface area contributed by atoms with E-state index in [0.29, 0.717) is 19.6 Å². The number of morpholine rings is 1. The number of nitrogens with zero attached hydrogens (tertiary/aromatic N) is 3. The van der Waals surface area contributed by atoms with E-state index in [1.807, 2.05) is 36.1 Å². The van der Waals surface area contributed by atoms with Gasteiger partial charge in [-0.1, -0.05) is 17.7 Å². The van der Waals surface area contributed by atoms with E-state index in [1.165, 1.54) is 5.56 Å². The number of amides is 1. The molecule has 1 aliphatic rings. The van der Waals surface area contributed by atoms with Gasteiger partial charge in [-0.15, -0.1) is 0 Å². The first-order valence-electron chi connectivity index (χ1n) is 10.8. The van der Waals surface area contributed by atoms with Crippen LogP contribution in [0.5, 0.6) is 5.75 Å². The van der Waals surface area contributed by atoms with E-state index in [1.54, 1.807) is 12.4 Å². The highest BCUT2D eigenvalue weighted by atomic mass is 16.5. The van der Waals surface area contributed by atoms with Crippen molar-refractivity contribution >= 4 is 5.91 Å². The Morgan fingerprint density at radius 2 is 1.93 bits per heavy atom. The van der Waals surface area contributed by atoms with E-state index < -0.39 is 0 Å². The van der Waals surface area contributed by atoms with Crippen LogP contribution >= 0.6 is 0 Å². The Kier molecular flexibility index (Phi) is 8.66. The van der Waals surface area contributed by atoms with Gasteiger partial charge in [0.1, 0.15) is 5.75 Å². The normalized spacial score (nSPS) is 14.5. The molecule has 6 heteroatoms. The second-order valence-corrected chi connectivity index (χ2v) is 7.85. The quantitative estimate of drug-likeness (QED) is 0.601. The molecular weight excluding hydrogens is 378 g/mol. The summed E-state index contributed by atoms with van der Waals surface area (Å²) in [5.74, 6) is 0.972. The molecule has 1 aromatic carbocycles. The third-order valence-electron chi connectivity index (χ3n) is 5.39. The molecule has 30 heavy (non-hydrogen) atoms. The molecule has 162 valence electrons. The Hall–Kier alpha value is -2.44. The van der Waals surface area contributed by atoms with Gasteiger partial charge < -0.3 is 14.4 Å². The average Bonchev–Trinajstić information content (AvgIpc) is 2.76. The number of carbonyl (C=O) groups is 1. The monoisotopic (exact) mass is 411 g/mol. The minimum Gasteiger partial charge on any atom is -0.493 e. The zero-order chi connectivity index (χ0) is 21.2. The Bertz CT molecular complexity index is 792. The van der Waals surface area contributed by atoms with Crippen LogP contribution in [0.15, 0.2) is 42.7 Å². The molecule has 0 bridgehead atoms. The molecule has 1 aromatic heterocycles. The molecule has 1 fully saturated rings. The topological polar surface area (TPSA) is 54.9 Å². The van der Waals surface area contributed by atoms with Crippen LogP contribution in [0.4, 0.5) is 0 Å². The van der Waals surface area contributed by atoms with Crippen LogP contribution in [0.3, 0.4) is 0 Å². The van der Waals surface area contributed by atoms with Crippen LogP contribution in [-0.2, 0) is 16.1 Å². The maximum Gasteiger partial charge on any atom is 0.226 e. The highest BCUT2D eigenvalue weighted by molar-refractivity contribution is 5.76. The number of benzene rings is 1. The van der Waals surface area contributed by atoms with Gasteiger partial charge in [0.05, 0.1) is 26.2 Å². The predicted octanol–water partition coefficient (Wildman–Crippen LogP) is 3.22. The van der Waals surface area contributed by atoms with Crippen molar-refractivity contribution in [2.45, 2.75) is 33.2 Å². The number of hydrogen-bond donors (Lipinski definition) is 0.